The van der Waals surface area contributed by atoms with E-state index in [-0.39, 0.29) is 5.97 Å². The molecule has 0 saturated carbocycles. The molecule has 1 aliphatic heterocycles. The van der Waals surface area contributed by atoms with Gasteiger partial charge in [-0.3, -0.25) is 0 Å². The van der Waals surface area contributed by atoms with Crippen molar-refractivity contribution in [2.75, 3.05) is 33.9 Å². The van der Waals surface area contributed by atoms with Crippen LogP contribution < -0.4 is 0 Å². The second-order valence-corrected chi connectivity index (χ2v) is 2.64. The first-order chi connectivity index (χ1) is 5.24. The van der Waals surface area contributed by atoms with Gasteiger partial charge < -0.3 is 14.4 Å². The van der Waals surface area contributed by atoms with Gasteiger partial charge in [-0.2, -0.15) is 0 Å². The number of hydrogen-bond donors (Lipinski definition) is 0. The van der Waals surface area contributed by atoms with Gasteiger partial charge in [-0.1, -0.05) is 0 Å². The topological polar surface area (TPSA) is 38.8 Å². The molecule has 0 aromatic rings. The Hall–Kier alpha value is -0.610. The number of nitrogens with zero attached hydrogens (tertiary/aromatic N) is 1. The Labute approximate surface area is 66.1 Å². The maximum absolute atomic E-state index is 10.9. The molecule has 0 aromatic carbocycles. The van der Waals surface area contributed by atoms with Crippen LogP contribution in [0.2, 0.25) is 0 Å². The van der Waals surface area contributed by atoms with Crippen molar-refractivity contribution in [2.45, 2.75) is 6.10 Å². The number of hydrogen-bond acceptors (Lipinski definition) is 4. The Balaban J connectivity index is 2.39. The van der Waals surface area contributed by atoms with Gasteiger partial charge >= 0.3 is 5.97 Å². The lowest BCUT2D eigenvalue weighted by atomic mass is 10.3. The second-order valence-electron chi connectivity index (χ2n) is 2.64. The van der Waals surface area contributed by atoms with E-state index in [1.165, 1.54) is 7.11 Å². The molecule has 1 saturated heterocycles. The minimum Gasteiger partial charge on any atom is -0.467 e. The molecule has 0 aliphatic carbocycles. The number of ether oxygens (including phenoxy) is 2. The number of esters is 1. The molecule has 0 radical (unpaired) electrons. The van der Waals surface area contributed by atoms with Crippen LogP contribution in [0.25, 0.3) is 0 Å². The molecule has 64 valence electrons. The van der Waals surface area contributed by atoms with Crippen LogP contribution in [-0.2, 0) is 14.3 Å². The van der Waals surface area contributed by atoms with Crippen molar-refractivity contribution in [1.29, 1.82) is 0 Å². The van der Waals surface area contributed by atoms with Gasteiger partial charge in [0.2, 0.25) is 0 Å². The Bertz CT molecular complexity index is 149. The minimum absolute atomic E-state index is 0.281. The van der Waals surface area contributed by atoms with Gasteiger partial charge in [0.25, 0.3) is 0 Å². The lowest BCUT2D eigenvalue weighted by Crippen LogP contribution is -2.44. The molecule has 4 heteroatoms. The maximum atomic E-state index is 10.9. The standard InChI is InChI=1S/C7H13NO3/c1-8-3-4-11-6(5-8)7(9)10-2/h6H,3-5H2,1-2H3. The van der Waals surface area contributed by atoms with Crippen molar-refractivity contribution in [1.82, 2.24) is 4.90 Å². The molecular formula is C7H13NO3. The van der Waals surface area contributed by atoms with Crippen LogP contribution in [0.4, 0.5) is 0 Å². The van der Waals surface area contributed by atoms with E-state index in [2.05, 4.69) is 4.74 Å². The largest absolute Gasteiger partial charge is 0.467 e. The van der Waals surface area contributed by atoms with Crippen LogP contribution in [0.3, 0.4) is 0 Å². The van der Waals surface area contributed by atoms with Crippen molar-refractivity contribution in [3.8, 4) is 0 Å². The summed E-state index contributed by atoms with van der Waals surface area (Å²) in [6.45, 7) is 2.12. The predicted octanol–water partition coefficient (Wildman–Crippen LogP) is -0.510. The number of morpholine rings is 1. The van der Waals surface area contributed by atoms with Crippen molar-refractivity contribution < 1.29 is 14.3 Å². The zero-order valence-corrected chi connectivity index (χ0v) is 6.87. The summed E-state index contributed by atoms with van der Waals surface area (Å²) >= 11 is 0. The van der Waals surface area contributed by atoms with Crippen LogP contribution >= 0.6 is 0 Å². The van der Waals surface area contributed by atoms with Crippen LogP contribution in [0.1, 0.15) is 0 Å². The van der Waals surface area contributed by atoms with E-state index in [1.54, 1.807) is 0 Å². The highest BCUT2D eigenvalue weighted by atomic mass is 16.6. The quantitative estimate of drug-likeness (QED) is 0.483. The summed E-state index contributed by atoms with van der Waals surface area (Å²) in [6.07, 6.45) is -0.390. The van der Waals surface area contributed by atoms with Crippen molar-refractivity contribution in [2.24, 2.45) is 0 Å². The van der Waals surface area contributed by atoms with Gasteiger partial charge in [-0.15, -0.1) is 0 Å². The summed E-state index contributed by atoms with van der Waals surface area (Å²) < 4.78 is 9.73. The average Bonchev–Trinajstić information content (AvgIpc) is 2.03. The van der Waals surface area contributed by atoms with E-state index in [1.807, 2.05) is 11.9 Å². The van der Waals surface area contributed by atoms with Crippen molar-refractivity contribution in [3.63, 3.8) is 0 Å². The molecule has 4 nitrogen and oxygen atoms in total. The Morgan fingerprint density at radius 1 is 1.73 bits per heavy atom. The van der Waals surface area contributed by atoms with Gasteiger partial charge in [-0.05, 0) is 7.05 Å². The van der Waals surface area contributed by atoms with Gasteiger partial charge in [0, 0.05) is 13.1 Å². The summed E-state index contributed by atoms with van der Waals surface area (Å²) in [6, 6.07) is 0. The molecule has 1 rings (SSSR count). The van der Waals surface area contributed by atoms with Crippen LogP contribution in [0.5, 0.6) is 0 Å². The summed E-state index contributed by atoms with van der Waals surface area (Å²) in [5.74, 6) is -0.281. The number of carbonyl (C=O) groups excluding carboxylic acids is 1. The third-order valence-electron chi connectivity index (χ3n) is 1.73. The van der Waals surface area contributed by atoms with E-state index in [0.29, 0.717) is 13.2 Å². The van der Waals surface area contributed by atoms with Crippen molar-refractivity contribution >= 4 is 5.97 Å². The summed E-state index contributed by atoms with van der Waals surface area (Å²) in [4.78, 5) is 13.0. The van der Waals surface area contributed by atoms with Gasteiger partial charge in [0.15, 0.2) is 6.10 Å². The third-order valence-corrected chi connectivity index (χ3v) is 1.73. The molecule has 11 heavy (non-hydrogen) atoms. The fourth-order valence-electron chi connectivity index (χ4n) is 1.05. The molecule has 1 aliphatic rings. The fourth-order valence-corrected chi connectivity index (χ4v) is 1.05. The Morgan fingerprint density at radius 3 is 3.00 bits per heavy atom. The van der Waals surface area contributed by atoms with Crippen LogP contribution in [0, 0.1) is 0 Å². The SMILES string of the molecule is COC(=O)C1CN(C)CCO1. The molecule has 0 spiro atoms. The zero-order chi connectivity index (χ0) is 8.27. The highest BCUT2D eigenvalue weighted by Crippen LogP contribution is 2.03. The predicted molar refractivity (Wildman–Crippen MR) is 39.3 cm³/mol. The minimum atomic E-state index is -0.390. The number of methoxy groups -OCH3 is 1. The van der Waals surface area contributed by atoms with Gasteiger partial charge in [-0.25, -0.2) is 4.79 Å². The third kappa shape index (κ3) is 2.17. The van der Waals surface area contributed by atoms with Crippen molar-refractivity contribution in [3.05, 3.63) is 0 Å². The lowest BCUT2D eigenvalue weighted by Gasteiger charge is -2.27. The Morgan fingerprint density at radius 2 is 2.45 bits per heavy atom. The lowest BCUT2D eigenvalue weighted by molar-refractivity contribution is -0.159. The fraction of sp³-hybridized carbons (Fsp3) is 0.857. The zero-order valence-electron chi connectivity index (χ0n) is 6.87. The monoisotopic (exact) mass is 159 g/mol. The number of likely N-dealkylation sites (N-methyl/N-ethyl adjacent to an activating group) is 1. The summed E-state index contributed by atoms with van der Waals surface area (Å²) in [7, 11) is 3.33. The van der Waals surface area contributed by atoms with E-state index in [0.717, 1.165) is 6.54 Å². The molecule has 1 fully saturated rings. The molecule has 0 bridgehead atoms. The second kappa shape index (κ2) is 3.69. The van der Waals surface area contributed by atoms with E-state index >= 15 is 0 Å². The normalized spacial score (nSPS) is 26.5. The summed E-state index contributed by atoms with van der Waals surface area (Å²) in [5, 5.41) is 0. The maximum Gasteiger partial charge on any atom is 0.336 e. The Kier molecular flexibility index (Phi) is 2.84. The van der Waals surface area contributed by atoms with E-state index < -0.39 is 6.10 Å². The molecular weight excluding hydrogens is 146 g/mol. The average molecular weight is 159 g/mol. The molecule has 1 atom stereocenters. The van der Waals surface area contributed by atoms with E-state index in [4.69, 9.17) is 4.74 Å². The number of rotatable bonds is 1. The first-order valence-electron chi connectivity index (χ1n) is 3.62. The highest BCUT2D eigenvalue weighted by Gasteiger charge is 2.24. The molecule has 0 amide bonds. The molecule has 0 N–H and O–H groups in total. The van der Waals surface area contributed by atoms with Crippen LogP contribution in [0.15, 0.2) is 0 Å². The number of carbonyl (C=O) groups is 1. The van der Waals surface area contributed by atoms with E-state index in [9.17, 15) is 4.79 Å². The highest BCUT2D eigenvalue weighted by molar-refractivity contribution is 5.74. The smallest absolute Gasteiger partial charge is 0.336 e. The first kappa shape index (κ1) is 8.49. The van der Waals surface area contributed by atoms with Crippen LogP contribution in [-0.4, -0.2) is 50.8 Å². The first-order valence-corrected chi connectivity index (χ1v) is 3.62. The molecule has 1 heterocycles. The van der Waals surface area contributed by atoms with Gasteiger partial charge in [0.05, 0.1) is 13.7 Å². The molecule has 0 aromatic heterocycles. The molecule has 1 unspecified atom stereocenters. The summed E-state index contributed by atoms with van der Waals surface area (Å²) in [5.41, 5.74) is 0. The van der Waals surface area contributed by atoms with Gasteiger partial charge in [0.1, 0.15) is 0 Å².